The molecule has 100 valence electrons. The van der Waals surface area contributed by atoms with Crippen LogP contribution >= 0.6 is 0 Å². The van der Waals surface area contributed by atoms with Gasteiger partial charge in [-0.2, -0.15) is 0 Å². The molecular weight excluding hydrogens is 232 g/mol. The first-order chi connectivity index (χ1) is 8.72. The molecule has 0 aliphatic heterocycles. The van der Waals surface area contributed by atoms with Gasteiger partial charge in [-0.15, -0.1) is 5.10 Å². The molecule has 1 aliphatic rings. The average molecular weight is 252 g/mol. The molecule has 7 nitrogen and oxygen atoms in total. The van der Waals surface area contributed by atoms with Gasteiger partial charge < -0.3 is 10.6 Å². The maximum Gasteiger partial charge on any atom is 0.244 e. The molecule has 2 unspecified atom stereocenters. The van der Waals surface area contributed by atoms with Crippen LogP contribution in [0.25, 0.3) is 0 Å². The Morgan fingerprint density at radius 1 is 1.50 bits per heavy atom. The molecular formula is C11H20N6O. The van der Waals surface area contributed by atoms with Gasteiger partial charge >= 0.3 is 0 Å². The summed E-state index contributed by atoms with van der Waals surface area (Å²) in [6.45, 7) is 0.838. The summed E-state index contributed by atoms with van der Waals surface area (Å²) in [4.78, 5) is 14.0. The van der Waals surface area contributed by atoms with Crippen molar-refractivity contribution in [1.82, 2.24) is 25.1 Å². The molecule has 18 heavy (non-hydrogen) atoms. The third-order valence-corrected chi connectivity index (χ3v) is 3.75. The van der Waals surface area contributed by atoms with Crippen molar-refractivity contribution in [2.45, 2.75) is 38.3 Å². The molecule has 1 aliphatic carbocycles. The Bertz CT molecular complexity index is 379. The molecule has 1 aromatic heterocycles. The van der Waals surface area contributed by atoms with Crippen LogP contribution in [0.15, 0.2) is 6.33 Å². The minimum absolute atomic E-state index is 0.0349. The van der Waals surface area contributed by atoms with Crippen LogP contribution in [0.4, 0.5) is 0 Å². The van der Waals surface area contributed by atoms with Crippen LogP contribution in [-0.4, -0.2) is 50.6 Å². The highest BCUT2D eigenvalue weighted by atomic mass is 16.2. The number of amides is 1. The molecule has 2 rings (SSSR count). The lowest BCUT2D eigenvalue weighted by Crippen LogP contribution is -2.47. The Morgan fingerprint density at radius 2 is 2.28 bits per heavy atom. The summed E-state index contributed by atoms with van der Waals surface area (Å²) >= 11 is 0. The van der Waals surface area contributed by atoms with E-state index in [1.807, 2.05) is 11.9 Å². The van der Waals surface area contributed by atoms with Crippen LogP contribution in [0.5, 0.6) is 0 Å². The number of hydrogen-bond donors (Lipinski definition) is 1. The Morgan fingerprint density at radius 3 is 2.94 bits per heavy atom. The quantitative estimate of drug-likeness (QED) is 0.791. The van der Waals surface area contributed by atoms with Gasteiger partial charge in [0.25, 0.3) is 0 Å². The molecule has 1 saturated carbocycles. The summed E-state index contributed by atoms with van der Waals surface area (Å²) in [5, 5.41) is 10.7. The van der Waals surface area contributed by atoms with Crippen molar-refractivity contribution in [1.29, 1.82) is 0 Å². The second-order valence-electron chi connectivity index (χ2n) is 4.86. The largest absolute Gasteiger partial charge is 0.341 e. The minimum atomic E-state index is 0.0349. The lowest BCUT2D eigenvalue weighted by Gasteiger charge is -2.37. The van der Waals surface area contributed by atoms with Crippen LogP contribution in [0, 0.1) is 5.92 Å². The zero-order valence-corrected chi connectivity index (χ0v) is 10.7. The van der Waals surface area contributed by atoms with Crippen molar-refractivity contribution in [3.63, 3.8) is 0 Å². The number of carbonyl (C=O) groups is 1. The van der Waals surface area contributed by atoms with Gasteiger partial charge in [0, 0.05) is 13.1 Å². The lowest BCUT2D eigenvalue weighted by atomic mass is 9.83. The zero-order valence-electron chi connectivity index (χ0n) is 10.7. The maximum absolute atomic E-state index is 12.1. The summed E-state index contributed by atoms with van der Waals surface area (Å²) in [6.07, 6.45) is 5.99. The molecule has 7 heteroatoms. The van der Waals surface area contributed by atoms with E-state index in [0.717, 1.165) is 12.8 Å². The fraction of sp³-hybridized carbons (Fsp3) is 0.818. The SMILES string of the molecule is CN(C(=O)Cn1cnnn1)C1CCCCC1CN. The molecule has 0 aromatic carbocycles. The van der Waals surface area contributed by atoms with Crippen LogP contribution < -0.4 is 5.73 Å². The van der Waals surface area contributed by atoms with E-state index in [9.17, 15) is 4.79 Å². The highest BCUT2D eigenvalue weighted by Crippen LogP contribution is 2.27. The van der Waals surface area contributed by atoms with Crippen LogP contribution in [0.1, 0.15) is 25.7 Å². The third kappa shape index (κ3) is 2.84. The average Bonchev–Trinajstić information content (AvgIpc) is 2.90. The van der Waals surface area contributed by atoms with E-state index in [-0.39, 0.29) is 18.5 Å². The minimum Gasteiger partial charge on any atom is -0.341 e. The molecule has 2 atom stereocenters. The predicted molar refractivity (Wildman–Crippen MR) is 65.4 cm³/mol. The Kier molecular flexibility index (Phi) is 4.24. The predicted octanol–water partition coefficient (Wildman–Crippen LogP) is -0.351. The highest BCUT2D eigenvalue weighted by Gasteiger charge is 2.29. The Hall–Kier alpha value is -1.50. The molecule has 0 spiro atoms. The first kappa shape index (κ1) is 12.9. The van der Waals surface area contributed by atoms with Crippen LogP contribution in [0.3, 0.4) is 0 Å². The number of likely N-dealkylation sites (N-methyl/N-ethyl adjacent to an activating group) is 1. The monoisotopic (exact) mass is 252 g/mol. The molecule has 1 amide bonds. The van der Waals surface area contributed by atoms with Gasteiger partial charge in [0.1, 0.15) is 12.9 Å². The van der Waals surface area contributed by atoms with E-state index in [2.05, 4.69) is 15.5 Å². The fourth-order valence-electron chi connectivity index (χ4n) is 2.66. The van der Waals surface area contributed by atoms with E-state index >= 15 is 0 Å². The van der Waals surface area contributed by atoms with E-state index in [0.29, 0.717) is 12.5 Å². The number of tetrazole rings is 1. The molecule has 1 fully saturated rings. The van der Waals surface area contributed by atoms with Gasteiger partial charge in [0.2, 0.25) is 5.91 Å². The second kappa shape index (κ2) is 5.90. The number of carbonyl (C=O) groups excluding carboxylic acids is 1. The maximum atomic E-state index is 12.1. The normalized spacial score (nSPS) is 23.9. The van der Waals surface area contributed by atoms with Gasteiger partial charge in [-0.3, -0.25) is 4.79 Å². The highest BCUT2D eigenvalue weighted by molar-refractivity contribution is 5.75. The van der Waals surface area contributed by atoms with E-state index in [4.69, 9.17) is 5.73 Å². The standard InChI is InChI=1S/C11H20N6O/c1-16(10-5-3-2-4-9(10)6-12)11(18)7-17-8-13-14-15-17/h8-10H,2-7,12H2,1H3. The topological polar surface area (TPSA) is 89.9 Å². The van der Waals surface area contributed by atoms with Crippen molar-refractivity contribution in [3.05, 3.63) is 6.33 Å². The van der Waals surface area contributed by atoms with Gasteiger partial charge in [-0.05, 0) is 35.7 Å². The third-order valence-electron chi connectivity index (χ3n) is 3.75. The number of nitrogens with zero attached hydrogens (tertiary/aromatic N) is 5. The number of aromatic nitrogens is 4. The summed E-state index contributed by atoms with van der Waals surface area (Å²) in [5.41, 5.74) is 5.79. The van der Waals surface area contributed by atoms with Gasteiger partial charge in [-0.25, -0.2) is 4.68 Å². The number of rotatable bonds is 4. The van der Waals surface area contributed by atoms with E-state index < -0.39 is 0 Å². The van der Waals surface area contributed by atoms with Crippen molar-refractivity contribution in [2.24, 2.45) is 11.7 Å². The smallest absolute Gasteiger partial charge is 0.244 e. The van der Waals surface area contributed by atoms with Gasteiger partial charge in [0.05, 0.1) is 0 Å². The van der Waals surface area contributed by atoms with E-state index in [1.165, 1.54) is 23.9 Å². The van der Waals surface area contributed by atoms with Crippen LogP contribution in [0.2, 0.25) is 0 Å². The Labute approximate surface area is 106 Å². The first-order valence-electron chi connectivity index (χ1n) is 6.39. The molecule has 1 aromatic rings. The summed E-state index contributed by atoms with van der Waals surface area (Å²) in [6, 6.07) is 0.257. The molecule has 2 N–H and O–H groups in total. The van der Waals surface area contributed by atoms with Gasteiger partial charge in [-0.1, -0.05) is 12.8 Å². The Balaban J connectivity index is 1.96. The molecule has 0 radical (unpaired) electrons. The first-order valence-corrected chi connectivity index (χ1v) is 6.39. The fourth-order valence-corrected chi connectivity index (χ4v) is 2.66. The second-order valence-corrected chi connectivity index (χ2v) is 4.86. The summed E-state index contributed by atoms with van der Waals surface area (Å²) in [7, 11) is 1.85. The summed E-state index contributed by atoms with van der Waals surface area (Å²) in [5.74, 6) is 0.453. The van der Waals surface area contributed by atoms with Crippen molar-refractivity contribution < 1.29 is 4.79 Å². The van der Waals surface area contributed by atoms with E-state index in [1.54, 1.807) is 0 Å². The van der Waals surface area contributed by atoms with Crippen molar-refractivity contribution >= 4 is 5.91 Å². The lowest BCUT2D eigenvalue weighted by molar-refractivity contribution is -0.134. The molecule has 0 saturated heterocycles. The summed E-state index contributed by atoms with van der Waals surface area (Å²) < 4.78 is 1.44. The van der Waals surface area contributed by atoms with Crippen molar-refractivity contribution in [3.8, 4) is 0 Å². The van der Waals surface area contributed by atoms with Crippen LogP contribution in [-0.2, 0) is 11.3 Å². The number of hydrogen-bond acceptors (Lipinski definition) is 5. The molecule has 0 bridgehead atoms. The molecule has 1 heterocycles. The zero-order chi connectivity index (χ0) is 13.0. The van der Waals surface area contributed by atoms with Crippen molar-refractivity contribution in [2.75, 3.05) is 13.6 Å². The van der Waals surface area contributed by atoms with Gasteiger partial charge in [0.15, 0.2) is 0 Å². The number of nitrogens with two attached hydrogens (primary N) is 1.